The lowest BCUT2D eigenvalue weighted by molar-refractivity contribution is -0.390. The number of aromatic nitrogens is 4. The smallest absolute Gasteiger partial charge is 0.358 e. The second-order valence-electron chi connectivity index (χ2n) is 10.3. The maximum Gasteiger partial charge on any atom is 0.411 e. The first kappa shape index (κ1) is 24.2. The second-order valence-corrected chi connectivity index (χ2v) is 11.1. The molecular formula is C21H24BrF3N6O4. The van der Waals surface area contributed by atoms with E-state index in [2.05, 4.69) is 36.2 Å². The lowest BCUT2D eigenvalue weighted by atomic mass is 9.46. The maximum absolute atomic E-state index is 13.0. The molecule has 4 aliphatic carbocycles. The van der Waals surface area contributed by atoms with Crippen LogP contribution in [0.4, 0.5) is 24.7 Å². The topological polar surface area (TPSA) is 117 Å². The van der Waals surface area contributed by atoms with Gasteiger partial charge in [-0.1, -0.05) is 0 Å². The number of nitrogens with one attached hydrogen (secondary N) is 1. The second kappa shape index (κ2) is 8.57. The highest BCUT2D eigenvalue weighted by molar-refractivity contribution is 9.10. The van der Waals surface area contributed by atoms with Gasteiger partial charge in [0.15, 0.2) is 0 Å². The van der Waals surface area contributed by atoms with Crippen molar-refractivity contribution in [2.75, 3.05) is 11.9 Å². The third-order valence-corrected chi connectivity index (χ3v) is 7.96. The number of rotatable bonds is 8. The van der Waals surface area contributed by atoms with E-state index >= 15 is 0 Å². The van der Waals surface area contributed by atoms with Crippen molar-refractivity contribution in [3.05, 3.63) is 33.2 Å². The summed E-state index contributed by atoms with van der Waals surface area (Å²) in [6.07, 6.45) is 5.81. The van der Waals surface area contributed by atoms with Crippen molar-refractivity contribution in [2.24, 2.45) is 17.3 Å². The average molecular weight is 561 g/mol. The van der Waals surface area contributed by atoms with Crippen LogP contribution in [0.2, 0.25) is 0 Å². The number of carbonyl (C=O) groups excluding carboxylic acids is 1. The Hall–Kier alpha value is -2.48. The molecule has 2 aromatic rings. The monoisotopic (exact) mass is 560 g/mol. The SMILES string of the molecule is O=C(CC12CC3CC(C1)CC(n1cc(Br)c([N+](=O)[O-])n1)(C3)C2)Nc1cnn(COCC(F)(F)F)c1. The zero-order valence-electron chi connectivity index (χ0n) is 18.6. The molecule has 190 valence electrons. The summed E-state index contributed by atoms with van der Waals surface area (Å²) in [7, 11) is 0. The first-order chi connectivity index (χ1) is 16.4. The molecule has 4 aliphatic rings. The number of anilines is 1. The summed E-state index contributed by atoms with van der Waals surface area (Å²) < 4.78 is 44.6. The van der Waals surface area contributed by atoms with Crippen LogP contribution >= 0.6 is 15.9 Å². The molecule has 1 amide bonds. The summed E-state index contributed by atoms with van der Waals surface area (Å²) in [6, 6.07) is 0. The van der Waals surface area contributed by atoms with Crippen LogP contribution in [0.25, 0.3) is 0 Å². The fourth-order valence-electron chi connectivity index (χ4n) is 6.89. The summed E-state index contributed by atoms with van der Waals surface area (Å²) in [6.45, 7) is -1.76. The Morgan fingerprint density at radius 1 is 1.29 bits per heavy atom. The van der Waals surface area contributed by atoms with Crippen LogP contribution in [0.15, 0.2) is 23.1 Å². The largest absolute Gasteiger partial charge is 0.411 e. The fraction of sp³-hybridized carbons (Fsp3) is 0.667. The molecule has 14 heteroatoms. The molecule has 4 bridgehead atoms. The van der Waals surface area contributed by atoms with Crippen molar-refractivity contribution >= 4 is 33.3 Å². The van der Waals surface area contributed by atoms with Crippen LogP contribution in [0, 0.1) is 27.4 Å². The molecule has 6 rings (SSSR count). The summed E-state index contributed by atoms with van der Waals surface area (Å²) >= 11 is 3.25. The average Bonchev–Trinajstić information content (AvgIpc) is 3.32. The number of nitrogens with zero attached hydrogens (tertiary/aromatic N) is 5. The summed E-state index contributed by atoms with van der Waals surface area (Å²) in [5, 5.41) is 22.4. The Morgan fingerprint density at radius 2 is 2.00 bits per heavy atom. The normalized spacial score (nSPS) is 29.5. The van der Waals surface area contributed by atoms with Crippen LogP contribution in [-0.2, 0) is 21.8 Å². The molecule has 2 aromatic heterocycles. The number of hydrogen-bond acceptors (Lipinski definition) is 6. The quantitative estimate of drug-likeness (QED) is 0.372. The third-order valence-electron chi connectivity index (χ3n) is 7.40. The standard InChI is InChI=1S/C21H24BrF3N6O4/c22-16-9-30(28-18(16)31(33)34)20-4-13-1-14(5-20)3-19(2-13,10-20)6-17(32)27-15-7-26-29(8-15)12-35-11-21(23,24)25/h7-9,13-14H,1-6,10-12H2,(H,27,32). The number of halogens is 4. The van der Waals surface area contributed by atoms with E-state index in [1.54, 1.807) is 10.9 Å². The molecule has 0 aromatic carbocycles. The maximum atomic E-state index is 13.0. The highest BCUT2D eigenvalue weighted by atomic mass is 79.9. The van der Waals surface area contributed by atoms with Crippen molar-refractivity contribution in [2.45, 2.75) is 63.4 Å². The Balaban J connectivity index is 1.26. The molecule has 1 N–H and O–H groups in total. The molecule has 2 heterocycles. The van der Waals surface area contributed by atoms with Crippen LogP contribution in [0.3, 0.4) is 0 Å². The van der Waals surface area contributed by atoms with Gasteiger partial charge in [0.25, 0.3) is 0 Å². The van der Waals surface area contributed by atoms with Gasteiger partial charge in [-0.25, -0.2) is 4.68 Å². The molecule has 0 spiro atoms. The van der Waals surface area contributed by atoms with E-state index in [1.165, 1.54) is 17.1 Å². The highest BCUT2D eigenvalue weighted by Crippen LogP contribution is 2.65. The van der Waals surface area contributed by atoms with Crippen molar-refractivity contribution < 1.29 is 27.6 Å². The van der Waals surface area contributed by atoms with Gasteiger partial charge in [-0.3, -0.25) is 4.79 Å². The minimum atomic E-state index is -4.42. The number of alkyl halides is 3. The van der Waals surface area contributed by atoms with E-state index in [9.17, 15) is 28.1 Å². The predicted molar refractivity (Wildman–Crippen MR) is 119 cm³/mol. The Bertz CT molecular complexity index is 1130. The van der Waals surface area contributed by atoms with Crippen molar-refractivity contribution in [3.63, 3.8) is 0 Å². The molecule has 35 heavy (non-hydrogen) atoms. The van der Waals surface area contributed by atoms with Gasteiger partial charge >= 0.3 is 12.0 Å². The van der Waals surface area contributed by atoms with Crippen molar-refractivity contribution in [3.8, 4) is 0 Å². The van der Waals surface area contributed by atoms with Crippen LogP contribution in [-0.4, -0.2) is 43.2 Å². The zero-order valence-corrected chi connectivity index (χ0v) is 20.2. The molecule has 0 radical (unpaired) electrons. The number of carbonyl (C=O) groups is 1. The van der Waals surface area contributed by atoms with Gasteiger partial charge in [-0.05, 0) is 76.6 Å². The third kappa shape index (κ3) is 4.95. The van der Waals surface area contributed by atoms with E-state index in [-0.39, 0.29) is 29.4 Å². The molecule has 0 aliphatic heterocycles. The minimum absolute atomic E-state index is 0.189. The van der Waals surface area contributed by atoms with E-state index < -0.39 is 17.7 Å². The Labute approximate surface area is 206 Å². The molecular weight excluding hydrogens is 537 g/mol. The van der Waals surface area contributed by atoms with Gasteiger partial charge in [0.1, 0.15) is 17.8 Å². The van der Waals surface area contributed by atoms with Crippen molar-refractivity contribution in [1.29, 1.82) is 0 Å². The fourth-order valence-corrected chi connectivity index (χ4v) is 7.30. The molecule has 2 atom stereocenters. The number of hydrogen-bond donors (Lipinski definition) is 1. The number of amides is 1. The van der Waals surface area contributed by atoms with Gasteiger partial charge in [-0.15, -0.1) is 0 Å². The van der Waals surface area contributed by atoms with E-state index in [0.29, 0.717) is 28.4 Å². The summed E-state index contributed by atoms with van der Waals surface area (Å²) in [4.78, 5) is 23.8. The molecule has 4 fully saturated rings. The van der Waals surface area contributed by atoms with Gasteiger partial charge in [0.2, 0.25) is 5.91 Å². The molecule has 0 saturated heterocycles. The van der Waals surface area contributed by atoms with E-state index in [4.69, 9.17) is 0 Å². The van der Waals surface area contributed by atoms with Crippen LogP contribution < -0.4 is 5.32 Å². The molecule has 10 nitrogen and oxygen atoms in total. The first-order valence-electron chi connectivity index (χ1n) is 11.3. The Kier molecular flexibility index (Phi) is 5.93. The van der Waals surface area contributed by atoms with Crippen molar-refractivity contribution in [1.82, 2.24) is 19.6 Å². The van der Waals surface area contributed by atoms with E-state index in [0.717, 1.165) is 38.5 Å². The Morgan fingerprint density at radius 3 is 2.63 bits per heavy atom. The highest BCUT2D eigenvalue weighted by Gasteiger charge is 2.60. The predicted octanol–water partition coefficient (Wildman–Crippen LogP) is 4.61. The number of nitro groups is 1. The molecule has 2 unspecified atom stereocenters. The van der Waals surface area contributed by atoms with Crippen LogP contribution in [0.1, 0.15) is 44.9 Å². The van der Waals surface area contributed by atoms with Gasteiger partial charge < -0.3 is 20.2 Å². The van der Waals surface area contributed by atoms with Gasteiger partial charge in [0.05, 0.1) is 34.9 Å². The van der Waals surface area contributed by atoms with Crippen LogP contribution in [0.5, 0.6) is 0 Å². The minimum Gasteiger partial charge on any atom is -0.358 e. The summed E-state index contributed by atoms with van der Waals surface area (Å²) in [5.41, 5.74) is -0.189. The number of ether oxygens (including phenoxy) is 1. The summed E-state index contributed by atoms with van der Waals surface area (Å²) in [5.74, 6) is 0.466. The molecule has 4 saturated carbocycles. The lowest BCUT2D eigenvalue weighted by Gasteiger charge is -2.61. The lowest BCUT2D eigenvalue weighted by Crippen LogP contribution is -2.57. The van der Waals surface area contributed by atoms with E-state index in [1.807, 2.05) is 0 Å². The first-order valence-corrected chi connectivity index (χ1v) is 12.1. The zero-order chi connectivity index (χ0) is 25.0. The van der Waals surface area contributed by atoms with Gasteiger partial charge in [0, 0.05) is 6.42 Å². The van der Waals surface area contributed by atoms with Gasteiger partial charge in [-0.2, -0.15) is 23.0 Å².